The molecule has 0 spiro atoms. The number of rotatable bonds is 4. The van der Waals surface area contributed by atoms with E-state index in [1.807, 2.05) is 6.20 Å². The molecule has 2 aromatic heterocycles. The van der Waals surface area contributed by atoms with Crippen LogP contribution in [0.2, 0.25) is 0 Å². The lowest BCUT2D eigenvalue weighted by Crippen LogP contribution is -2.41. The summed E-state index contributed by atoms with van der Waals surface area (Å²) in [5.41, 5.74) is 0. The topological polar surface area (TPSA) is 45.2 Å². The quantitative estimate of drug-likeness (QED) is 0.932. The summed E-state index contributed by atoms with van der Waals surface area (Å²) < 4.78 is 1.30. The predicted octanol–water partition coefficient (Wildman–Crippen LogP) is 3.57. The van der Waals surface area contributed by atoms with E-state index in [1.54, 1.807) is 11.3 Å². The monoisotopic (exact) mass is 329 g/mol. The zero-order valence-electron chi connectivity index (χ0n) is 13.3. The third kappa shape index (κ3) is 3.20. The maximum Gasteiger partial charge on any atom is 0.220 e. The molecule has 2 aromatic rings. The fraction of sp³-hybridized carbons (Fsp3) is 0.556. The number of hydrogen-bond donors (Lipinski definition) is 1. The molecule has 0 aromatic carbocycles. The molecule has 1 aliphatic carbocycles. The van der Waals surface area contributed by atoms with Crippen molar-refractivity contribution in [2.45, 2.75) is 44.6 Å². The first-order valence-corrected chi connectivity index (χ1v) is 9.54. The van der Waals surface area contributed by atoms with Crippen molar-refractivity contribution in [1.82, 2.24) is 10.3 Å². The predicted molar refractivity (Wildman–Crippen MR) is 95.0 cm³/mol. The van der Waals surface area contributed by atoms with Gasteiger partial charge < -0.3 is 10.2 Å². The van der Waals surface area contributed by atoms with Gasteiger partial charge in [0.25, 0.3) is 0 Å². The molecular weight excluding hydrogens is 306 g/mol. The van der Waals surface area contributed by atoms with Crippen LogP contribution in [0.4, 0.5) is 5.82 Å². The summed E-state index contributed by atoms with van der Waals surface area (Å²) in [6.45, 7) is 2.01. The number of carbonyl (C=O) groups is 1. The van der Waals surface area contributed by atoms with Gasteiger partial charge in [-0.15, -0.1) is 11.3 Å². The number of fused-ring (bicyclic) bond motifs is 1. The SMILES string of the molecule is O=C(CC1CCN(c2nccc3sccc23)CC1)NC1CCC1. The molecule has 4 nitrogen and oxygen atoms in total. The minimum Gasteiger partial charge on any atom is -0.356 e. The summed E-state index contributed by atoms with van der Waals surface area (Å²) >= 11 is 1.77. The second-order valence-corrected chi connectivity index (χ2v) is 7.74. The van der Waals surface area contributed by atoms with Crippen LogP contribution < -0.4 is 10.2 Å². The maximum atomic E-state index is 12.1. The van der Waals surface area contributed by atoms with Gasteiger partial charge in [-0.2, -0.15) is 0 Å². The number of piperidine rings is 1. The van der Waals surface area contributed by atoms with Gasteiger partial charge in [0, 0.05) is 41.8 Å². The van der Waals surface area contributed by atoms with Gasteiger partial charge in [-0.1, -0.05) is 0 Å². The van der Waals surface area contributed by atoms with Crippen molar-refractivity contribution in [1.29, 1.82) is 0 Å². The number of aromatic nitrogens is 1. The van der Waals surface area contributed by atoms with E-state index < -0.39 is 0 Å². The molecule has 1 aliphatic heterocycles. The van der Waals surface area contributed by atoms with E-state index in [2.05, 4.69) is 32.7 Å². The standard InChI is InChI=1S/C18H23N3OS/c22-17(20-14-2-1-3-14)12-13-5-9-21(10-6-13)18-15-7-11-23-16(15)4-8-19-18/h4,7-8,11,13-14H,1-3,5-6,9-10,12H2,(H,20,22). The van der Waals surface area contributed by atoms with Crippen molar-refractivity contribution in [2.75, 3.05) is 18.0 Å². The van der Waals surface area contributed by atoms with E-state index in [9.17, 15) is 4.79 Å². The molecule has 0 atom stereocenters. The minimum atomic E-state index is 0.256. The Kier molecular flexibility index (Phi) is 4.21. The normalized spacial score (nSPS) is 19.7. The highest BCUT2D eigenvalue weighted by Crippen LogP contribution is 2.31. The number of carbonyl (C=O) groups excluding carboxylic acids is 1. The Labute approximate surface area is 140 Å². The summed E-state index contributed by atoms with van der Waals surface area (Å²) in [4.78, 5) is 19.1. The van der Waals surface area contributed by atoms with Crippen molar-refractivity contribution < 1.29 is 4.79 Å². The summed E-state index contributed by atoms with van der Waals surface area (Å²) in [5.74, 6) is 1.89. The number of thiophene rings is 1. The van der Waals surface area contributed by atoms with Crippen molar-refractivity contribution in [3.8, 4) is 0 Å². The first kappa shape index (κ1) is 14.9. The van der Waals surface area contributed by atoms with Crippen LogP contribution in [-0.2, 0) is 4.79 Å². The lowest BCUT2D eigenvalue weighted by Gasteiger charge is -2.33. The van der Waals surface area contributed by atoms with E-state index >= 15 is 0 Å². The average Bonchev–Trinajstić information content (AvgIpc) is 3.00. The fourth-order valence-electron chi connectivity index (χ4n) is 3.58. The number of nitrogens with zero attached hydrogens (tertiary/aromatic N) is 2. The van der Waals surface area contributed by atoms with Crippen LogP contribution >= 0.6 is 11.3 Å². The van der Waals surface area contributed by atoms with E-state index in [0.717, 1.165) is 31.7 Å². The van der Waals surface area contributed by atoms with Crippen molar-refractivity contribution in [2.24, 2.45) is 5.92 Å². The Morgan fingerprint density at radius 3 is 2.83 bits per heavy atom. The fourth-order valence-corrected chi connectivity index (χ4v) is 4.36. The summed E-state index contributed by atoms with van der Waals surface area (Å²) in [6, 6.07) is 4.71. The van der Waals surface area contributed by atoms with Crippen LogP contribution in [0.15, 0.2) is 23.7 Å². The van der Waals surface area contributed by atoms with Gasteiger partial charge in [0.15, 0.2) is 0 Å². The molecule has 122 valence electrons. The summed E-state index contributed by atoms with van der Waals surface area (Å²) in [5, 5.41) is 6.56. The lowest BCUT2D eigenvalue weighted by atomic mass is 9.90. The van der Waals surface area contributed by atoms with Gasteiger partial charge >= 0.3 is 0 Å². The second kappa shape index (κ2) is 6.48. The number of hydrogen-bond acceptors (Lipinski definition) is 4. The highest BCUT2D eigenvalue weighted by molar-refractivity contribution is 7.17. The lowest BCUT2D eigenvalue weighted by molar-refractivity contribution is -0.123. The third-order valence-electron chi connectivity index (χ3n) is 5.22. The van der Waals surface area contributed by atoms with Gasteiger partial charge in [0.1, 0.15) is 5.82 Å². The molecule has 2 aliphatic rings. The zero-order valence-corrected chi connectivity index (χ0v) is 14.1. The zero-order chi connectivity index (χ0) is 15.6. The van der Waals surface area contributed by atoms with Crippen molar-refractivity contribution in [3.05, 3.63) is 23.7 Å². The number of nitrogens with one attached hydrogen (secondary N) is 1. The molecule has 1 saturated carbocycles. The third-order valence-corrected chi connectivity index (χ3v) is 6.10. The minimum absolute atomic E-state index is 0.256. The van der Waals surface area contributed by atoms with Gasteiger partial charge in [0.05, 0.1) is 0 Å². The number of anilines is 1. The van der Waals surface area contributed by atoms with E-state index in [1.165, 1.54) is 29.3 Å². The molecule has 1 amide bonds. The van der Waals surface area contributed by atoms with E-state index in [-0.39, 0.29) is 5.91 Å². The highest BCUT2D eigenvalue weighted by atomic mass is 32.1. The molecule has 4 rings (SSSR count). The molecule has 5 heteroatoms. The van der Waals surface area contributed by atoms with Gasteiger partial charge in [0.2, 0.25) is 5.91 Å². The number of amides is 1. The smallest absolute Gasteiger partial charge is 0.220 e. The van der Waals surface area contributed by atoms with Gasteiger partial charge in [-0.05, 0) is 55.5 Å². The van der Waals surface area contributed by atoms with Crippen LogP contribution in [0.25, 0.3) is 10.1 Å². The van der Waals surface area contributed by atoms with Crippen LogP contribution in [0.3, 0.4) is 0 Å². The van der Waals surface area contributed by atoms with Crippen molar-refractivity contribution in [3.63, 3.8) is 0 Å². The number of pyridine rings is 1. The average molecular weight is 329 g/mol. The Morgan fingerprint density at radius 1 is 1.26 bits per heavy atom. The van der Waals surface area contributed by atoms with Crippen LogP contribution in [-0.4, -0.2) is 30.0 Å². The molecule has 23 heavy (non-hydrogen) atoms. The van der Waals surface area contributed by atoms with E-state index in [4.69, 9.17) is 0 Å². The summed E-state index contributed by atoms with van der Waals surface area (Å²) in [6.07, 6.45) is 8.37. The second-order valence-electron chi connectivity index (χ2n) is 6.80. The molecule has 0 unspecified atom stereocenters. The molecule has 1 saturated heterocycles. The largest absolute Gasteiger partial charge is 0.356 e. The highest BCUT2D eigenvalue weighted by Gasteiger charge is 2.25. The molecule has 2 fully saturated rings. The molecule has 1 N–H and O–H groups in total. The molecular formula is C18H23N3OS. The van der Waals surface area contributed by atoms with Gasteiger partial charge in [-0.3, -0.25) is 4.79 Å². The van der Waals surface area contributed by atoms with Crippen molar-refractivity contribution >= 4 is 33.1 Å². The summed E-state index contributed by atoms with van der Waals surface area (Å²) in [7, 11) is 0. The Morgan fingerprint density at radius 2 is 2.09 bits per heavy atom. The Bertz CT molecular complexity index is 686. The molecule has 3 heterocycles. The van der Waals surface area contributed by atoms with Crippen LogP contribution in [0.5, 0.6) is 0 Å². The Balaban J connectivity index is 1.33. The molecule has 0 radical (unpaired) electrons. The van der Waals surface area contributed by atoms with E-state index in [0.29, 0.717) is 18.4 Å². The first-order valence-electron chi connectivity index (χ1n) is 8.66. The van der Waals surface area contributed by atoms with Crippen LogP contribution in [0.1, 0.15) is 38.5 Å². The van der Waals surface area contributed by atoms with Crippen LogP contribution in [0, 0.1) is 5.92 Å². The molecule has 0 bridgehead atoms. The maximum absolute atomic E-state index is 12.1. The first-order chi connectivity index (χ1) is 11.3. The van der Waals surface area contributed by atoms with Gasteiger partial charge in [-0.25, -0.2) is 4.98 Å². The Hall–Kier alpha value is -1.62.